The van der Waals surface area contributed by atoms with Gasteiger partial charge in [-0.05, 0) is 49.2 Å². The highest BCUT2D eigenvalue weighted by molar-refractivity contribution is 6.74. The molecule has 1 aromatic carbocycles. The molecule has 1 amide bonds. The van der Waals surface area contributed by atoms with Crippen LogP contribution >= 0.6 is 0 Å². The summed E-state index contributed by atoms with van der Waals surface area (Å²) in [4.78, 5) is 14.4. The van der Waals surface area contributed by atoms with Crippen molar-refractivity contribution in [1.29, 1.82) is 0 Å². The average molecular weight is 338 g/mol. The fourth-order valence-corrected chi connectivity index (χ4v) is 3.71. The van der Waals surface area contributed by atoms with Gasteiger partial charge in [-0.3, -0.25) is 4.79 Å². The van der Waals surface area contributed by atoms with Gasteiger partial charge in [0, 0.05) is 12.2 Å². The maximum absolute atomic E-state index is 13.7. The molecule has 1 saturated heterocycles. The third-order valence-corrected chi connectivity index (χ3v) is 9.41. The number of nitrogen functional groups attached to an aromatic ring is 1. The van der Waals surface area contributed by atoms with E-state index in [9.17, 15) is 9.18 Å². The zero-order valence-electron chi connectivity index (χ0n) is 14.6. The Kier molecular flexibility index (Phi) is 4.87. The van der Waals surface area contributed by atoms with Crippen LogP contribution in [0, 0.1) is 5.82 Å². The van der Waals surface area contributed by atoms with Crippen LogP contribution in [0.15, 0.2) is 18.2 Å². The van der Waals surface area contributed by atoms with E-state index >= 15 is 0 Å². The Morgan fingerprint density at radius 3 is 2.57 bits per heavy atom. The van der Waals surface area contributed by atoms with Crippen molar-refractivity contribution in [3.05, 3.63) is 24.0 Å². The van der Waals surface area contributed by atoms with E-state index in [2.05, 4.69) is 33.9 Å². The van der Waals surface area contributed by atoms with Crippen molar-refractivity contribution >= 4 is 25.6 Å². The van der Waals surface area contributed by atoms with Crippen molar-refractivity contribution < 1.29 is 13.6 Å². The highest BCUT2D eigenvalue weighted by Gasteiger charge is 2.42. The predicted octanol–water partition coefficient (Wildman–Crippen LogP) is 3.93. The molecule has 1 atom stereocenters. The Balaban J connectivity index is 2.20. The van der Waals surface area contributed by atoms with E-state index in [4.69, 9.17) is 10.2 Å². The molecule has 1 aromatic rings. The van der Waals surface area contributed by atoms with Gasteiger partial charge in [-0.2, -0.15) is 0 Å². The summed E-state index contributed by atoms with van der Waals surface area (Å²) in [5, 5.41) is 0.0445. The first-order valence-electron chi connectivity index (χ1n) is 8.07. The van der Waals surface area contributed by atoms with E-state index in [1.807, 2.05) is 0 Å². The number of nitrogens with two attached hydrogens (primary N) is 1. The van der Waals surface area contributed by atoms with Crippen molar-refractivity contribution in [3.63, 3.8) is 0 Å². The van der Waals surface area contributed by atoms with Gasteiger partial charge in [0.05, 0.1) is 5.69 Å². The molecule has 0 spiro atoms. The van der Waals surface area contributed by atoms with Crippen molar-refractivity contribution in [2.75, 3.05) is 17.2 Å². The van der Waals surface area contributed by atoms with E-state index in [-0.39, 0.29) is 16.6 Å². The van der Waals surface area contributed by atoms with Crippen LogP contribution < -0.4 is 10.6 Å². The lowest BCUT2D eigenvalue weighted by Crippen LogP contribution is -2.52. The second-order valence-corrected chi connectivity index (χ2v) is 12.5. The summed E-state index contributed by atoms with van der Waals surface area (Å²) in [6.07, 6.45) is 1.13. The predicted molar refractivity (Wildman–Crippen MR) is 94.5 cm³/mol. The fraction of sp³-hybridized carbons (Fsp3) is 0.588. The maximum atomic E-state index is 13.7. The van der Waals surface area contributed by atoms with Gasteiger partial charge in [-0.25, -0.2) is 4.39 Å². The average Bonchev–Trinajstić information content (AvgIpc) is 2.43. The Labute approximate surface area is 138 Å². The minimum Gasteiger partial charge on any atom is -0.405 e. The molecule has 2 N–H and O–H groups in total. The topological polar surface area (TPSA) is 55.6 Å². The molecule has 2 rings (SSSR count). The van der Waals surface area contributed by atoms with E-state index in [0.29, 0.717) is 12.2 Å². The number of benzene rings is 1. The number of nitrogens with zero attached hydrogens (tertiary/aromatic N) is 1. The second kappa shape index (κ2) is 6.24. The molecule has 0 aromatic heterocycles. The van der Waals surface area contributed by atoms with Crippen molar-refractivity contribution in [2.45, 2.75) is 57.8 Å². The van der Waals surface area contributed by atoms with Gasteiger partial charge in [0.1, 0.15) is 11.9 Å². The third-order valence-electron chi connectivity index (χ3n) is 4.93. The molecule has 0 radical (unpaired) electrons. The minimum absolute atomic E-state index is 0.0445. The first kappa shape index (κ1) is 17.9. The summed E-state index contributed by atoms with van der Waals surface area (Å²) in [6.45, 7) is 11.3. The summed E-state index contributed by atoms with van der Waals surface area (Å²) in [5.74, 6) is -0.576. The molecule has 0 saturated carbocycles. The van der Waals surface area contributed by atoms with Crippen LogP contribution in [0.3, 0.4) is 0 Å². The SMILES string of the molecule is CC(C)(C)[Si](C)(C)OC1CCCN(c2ccc(N)c(F)c2)C1=O. The third kappa shape index (κ3) is 3.75. The standard InChI is InChI=1S/C17H27FN2O2Si/c1-17(2,3)23(4,5)22-15-7-6-10-20(16(15)21)12-8-9-14(19)13(18)11-12/h8-9,11,15H,6-7,10,19H2,1-5H3. The van der Waals surface area contributed by atoms with Gasteiger partial charge >= 0.3 is 0 Å². The summed E-state index contributed by atoms with van der Waals surface area (Å²) in [6, 6.07) is 4.50. The number of halogens is 1. The Morgan fingerprint density at radius 2 is 2.00 bits per heavy atom. The molecule has 6 heteroatoms. The van der Waals surface area contributed by atoms with Crippen molar-refractivity contribution in [1.82, 2.24) is 0 Å². The molecule has 1 heterocycles. The Bertz CT molecular complexity index is 599. The number of hydrogen-bond acceptors (Lipinski definition) is 3. The molecule has 1 unspecified atom stereocenters. The zero-order chi connectivity index (χ0) is 17.4. The molecule has 1 aliphatic heterocycles. The number of piperidine rings is 1. The zero-order valence-corrected chi connectivity index (χ0v) is 15.6. The van der Waals surface area contributed by atoms with Gasteiger partial charge in [-0.1, -0.05) is 20.8 Å². The molecular formula is C17H27FN2O2Si. The summed E-state index contributed by atoms with van der Waals surface area (Å²) in [7, 11) is -2.03. The normalized spacial score (nSPS) is 20.0. The molecule has 4 nitrogen and oxygen atoms in total. The van der Waals surface area contributed by atoms with E-state index in [0.717, 1.165) is 12.8 Å². The number of carbonyl (C=O) groups excluding carboxylic acids is 1. The lowest BCUT2D eigenvalue weighted by Gasteiger charge is -2.41. The largest absolute Gasteiger partial charge is 0.405 e. The Hall–Kier alpha value is -1.40. The highest BCUT2D eigenvalue weighted by Crippen LogP contribution is 2.38. The van der Waals surface area contributed by atoms with Gasteiger partial charge < -0.3 is 15.1 Å². The van der Waals surface area contributed by atoms with Crippen LogP contribution in [0.2, 0.25) is 18.1 Å². The van der Waals surface area contributed by atoms with Crippen LogP contribution in [0.4, 0.5) is 15.8 Å². The number of hydrogen-bond donors (Lipinski definition) is 1. The minimum atomic E-state index is -2.03. The van der Waals surface area contributed by atoms with Crippen molar-refractivity contribution in [3.8, 4) is 0 Å². The van der Waals surface area contributed by atoms with Gasteiger partial charge in [-0.15, -0.1) is 0 Å². The summed E-state index contributed by atoms with van der Waals surface area (Å²) >= 11 is 0. The van der Waals surface area contributed by atoms with Crippen LogP contribution in [0.5, 0.6) is 0 Å². The van der Waals surface area contributed by atoms with E-state index in [1.54, 1.807) is 11.0 Å². The molecular weight excluding hydrogens is 311 g/mol. The summed E-state index contributed by atoms with van der Waals surface area (Å²) in [5.41, 5.74) is 6.15. The van der Waals surface area contributed by atoms with Crippen molar-refractivity contribution in [2.24, 2.45) is 0 Å². The number of rotatable bonds is 3. The molecule has 1 fully saturated rings. The summed E-state index contributed by atoms with van der Waals surface area (Å²) < 4.78 is 20.0. The number of anilines is 2. The van der Waals surface area contributed by atoms with E-state index in [1.165, 1.54) is 12.1 Å². The molecule has 1 aliphatic rings. The van der Waals surface area contributed by atoms with E-state index < -0.39 is 20.2 Å². The van der Waals surface area contributed by atoms with Crippen LogP contribution in [-0.4, -0.2) is 26.9 Å². The first-order chi connectivity index (χ1) is 10.5. The van der Waals surface area contributed by atoms with Crippen LogP contribution in [0.1, 0.15) is 33.6 Å². The number of carbonyl (C=O) groups is 1. The van der Waals surface area contributed by atoms with Crippen LogP contribution in [0.25, 0.3) is 0 Å². The smallest absolute Gasteiger partial charge is 0.254 e. The molecule has 0 aliphatic carbocycles. The second-order valence-electron chi connectivity index (χ2n) is 7.70. The molecule has 0 bridgehead atoms. The Morgan fingerprint density at radius 1 is 1.35 bits per heavy atom. The number of amides is 1. The van der Waals surface area contributed by atoms with Gasteiger partial charge in [0.25, 0.3) is 5.91 Å². The lowest BCUT2D eigenvalue weighted by atomic mass is 10.1. The first-order valence-corrected chi connectivity index (χ1v) is 11.0. The van der Waals surface area contributed by atoms with Gasteiger partial charge in [0.15, 0.2) is 8.32 Å². The van der Waals surface area contributed by atoms with Gasteiger partial charge in [0.2, 0.25) is 0 Å². The quantitative estimate of drug-likeness (QED) is 0.671. The highest BCUT2D eigenvalue weighted by atomic mass is 28.4. The molecule has 23 heavy (non-hydrogen) atoms. The monoisotopic (exact) mass is 338 g/mol. The lowest BCUT2D eigenvalue weighted by molar-refractivity contribution is -0.127. The van der Waals surface area contributed by atoms with Crippen LogP contribution in [-0.2, 0) is 9.22 Å². The molecule has 128 valence electrons. The maximum Gasteiger partial charge on any atom is 0.254 e. The fourth-order valence-electron chi connectivity index (χ4n) is 2.42.